The van der Waals surface area contributed by atoms with Gasteiger partial charge in [-0.05, 0) is 29.3 Å². The summed E-state index contributed by atoms with van der Waals surface area (Å²) in [5, 5.41) is 7.25. The molecule has 0 spiro atoms. The van der Waals surface area contributed by atoms with Crippen LogP contribution >= 0.6 is 0 Å². The Morgan fingerprint density at radius 3 is 2.07 bits per heavy atom. The smallest absolute Gasteiger partial charge is 0.236 e. The lowest BCUT2D eigenvalue weighted by Gasteiger charge is -2.19. The molecule has 2 aromatic heterocycles. The molecule has 0 bridgehead atoms. The Morgan fingerprint density at radius 2 is 1.48 bits per heavy atom. The van der Waals surface area contributed by atoms with Crippen LogP contribution in [0.15, 0.2) is 97.5 Å². The van der Waals surface area contributed by atoms with Gasteiger partial charge in [-0.2, -0.15) is 5.10 Å². The Labute approximate surface area is 157 Å². The van der Waals surface area contributed by atoms with Crippen molar-refractivity contribution >= 4 is 11.6 Å². The lowest BCUT2D eigenvalue weighted by atomic mass is 9.90. The van der Waals surface area contributed by atoms with E-state index in [4.69, 9.17) is 0 Å². The van der Waals surface area contributed by atoms with Crippen LogP contribution in [0.2, 0.25) is 0 Å². The summed E-state index contributed by atoms with van der Waals surface area (Å²) in [6, 6.07) is 25.0. The van der Waals surface area contributed by atoms with Crippen molar-refractivity contribution < 1.29 is 4.79 Å². The summed E-state index contributed by atoms with van der Waals surface area (Å²) in [6.45, 7) is 0. The Morgan fingerprint density at radius 1 is 0.815 bits per heavy atom. The normalized spacial score (nSPS) is 10.7. The summed E-state index contributed by atoms with van der Waals surface area (Å²) in [5.74, 6) is 0.0441. The molecule has 5 heteroatoms. The molecule has 4 rings (SSSR count). The van der Waals surface area contributed by atoms with Gasteiger partial charge in [-0.15, -0.1) is 0 Å². The highest BCUT2D eigenvalue weighted by molar-refractivity contribution is 5.99. The summed E-state index contributed by atoms with van der Waals surface area (Å²) >= 11 is 0. The van der Waals surface area contributed by atoms with Crippen molar-refractivity contribution in [3.8, 4) is 5.82 Å². The van der Waals surface area contributed by atoms with Gasteiger partial charge in [0.2, 0.25) is 5.91 Å². The number of pyridine rings is 1. The fraction of sp³-hybridized carbons (Fsp3) is 0.0455. The maximum absolute atomic E-state index is 13.3. The molecule has 1 amide bonds. The van der Waals surface area contributed by atoms with Crippen LogP contribution in [-0.2, 0) is 4.79 Å². The van der Waals surface area contributed by atoms with Gasteiger partial charge in [-0.3, -0.25) is 4.79 Å². The van der Waals surface area contributed by atoms with Crippen LogP contribution in [-0.4, -0.2) is 20.7 Å². The Bertz CT molecular complexity index is 975. The highest BCUT2D eigenvalue weighted by atomic mass is 16.1. The second kappa shape index (κ2) is 7.66. The Kier molecular flexibility index (Phi) is 4.74. The molecule has 132 valence electrons. The molecule has 0 atom stereocenters. The van der Waals surface area contributed by atoms with Gasteiger partial charge in [0.05, 0.1) is 11.6 Å². The molecule has 0 aliphatic carbocycles. The van der Waals surface area contributed by atoms with E-state index in [0.717, 1.165) is 11.1 Å². The number of hydrogen-bond acceptors (Lipinski definition) is 3. The van der Waals surface area contributed by atoms with Crippen LogP contribution in [0.4, 0.5) is 5.69 Å². The number of carbonyl (C=O) groups excluding carboxylic acids is 1. The van der Waals surface area contributed by atoms with Gasteiger partial charge in [0.1, 0.15) is 0 Å². The first-order valence-electron chi connectivity index (χ1n) is 8.69. The highest BCUT2D eigenvalue weighted by Gasteiger charge is 2.23. The predicted octanol–water partition coefficient (Wildman–Crippen LogP) is 4.04. The van der Waals surface area contributed by atoms with E-state index in [1.165, 1.54) is 0 Å². The Balaban J connectivity index is 1.70. The van der Waals surface area contributed by atoms with Crippen LogP contribution < -0.4 is 5.32 Å². The maximum Gasteiger partial charge on any atom is 0.236 e. The average molecular weight is 354 g/mol. The molecular weight excluding hydrogens is 336 g/mol. The predicted molar refractivity (Wildman–Crippen MR) is 105 cm³/mol. The van der Waals surface area contributed by atoms with E-state index in [-0.39, 0.29) is 5.91 Å². The van der Waals surface area contributed by atoms with Crippen molar-refractivity contribution in [1.82, 2.24) is 14.8 Å². The van der Waals surface area contributed by atoms with Gasteiger partial charge < -0.3 is 5.32 Å². The second-order valence-corrected chi connectivity index (χ2v) is 6.07. The van der Waals surface area contributed by atoms with Crippen molar-refractivity contribution in [3.63, 3.8) is 0 Å². The first-order chi connectivity index (χ1) is 13.3. The van der Waals surface area contributed by atoms with Gasteiger partial charge in [-0.25, -0.2) is 9.67 Å². The quantitative estimate of drug-likeness (QED) is 0.588. The number of anilines is 1. The largest absolute Gasteiger partial charge is 0.322 e. The minimum atomic E-state index is -0.418. The number of hydrogen-bond donors (Lipinski definition) is 1. The van der Waals surface area contributed by atoms with E-state index in [0.29, 0.717) is 11.5 Å². The second-order valence-electron chi connectivity index (χ2n) is 6.07. The van der Waals surface area contributed by atoms with Crippen LogP contribution in [0.5, 0.6) is 0 Å². The van der Waals surface area contributed by atoms with E-state index >= 15 is 0 Å². The number of nitrogens with zero attached hydrogens (tertiary/aromatic N) is 3. The van der Waals surface area contributed by atoms with Crippen LogP contribution in [0, 0.1) is 0 Å². The van der Waals surface area contributed by atoms with Crippen molar-refractivity contribution in [2.45, 2.75) is 5.92 Å². The molecule has 1 N–H and O–H groups in total. The molecule has 27 heavy (non-hydrogen) atoms. The molecule has 5 nitrogen and oxygen atoms in total. The third kappa shape index (κ3) is 3.62. The zero-order valence-corrected chi connectivity index (χ0v) is 14.6. The molecule has 0 saturated carbocycles. The zero-order valence-electron chi connectivity index (χ0n) is 14.6. The first kappa shape index (κ1) is 16.7. The average Bonchev–Trinajstić information content (AvgIpc) is 3.25. The molecule has 4 aromatic rings. The Hall–Kier alpha value is -3.73. The van der Waals surface area contributed by atoms with Gasteiger partial charge in [0, 0.05) is 18.6 Å². The third-order valence-electron chi connectivity index (χ3n) is 4.29. The van der Waals surface area contributed by atoms with Crippen LogP contribution in [0.1, 0.15) is 17.0 Å². The molecule has 0 radical (unpaired) electrons. The van der Waals surface area contributed by atoms with Gasteiger partial charge in [0.15, 0.2) is 5.82 Å². The molecule has 0 unspecified atom stereocenters. The van der Waals surface area contributed by atoms with E-state index in [1.807, 2.05) is 72.8 Å². The first-order valence-corrected chi connectivity index (χ1v) is 8.69. The third-order valence-corrected chi connectivity index (χ3v) is 4.29. The van der Waals surface area contributed by atoms with Crippen molar-refractivity contribution in [3.05, 3.63) is 109 Å². The van der Waals surface area contributed by atoms with Crippen LogP contribution in [0.25, 0.3) is 5.82 Å². The number of aromatic nitrogens is 3. The van der Waals surface area contributed by atoms with Gasteiger partial charge in [-0.1, -0.05) is 60.7 Å². The fourth-order valence-corrected chi connectivity index (χ4v) is 3.06. The summed E-state index contributed by atoms with van der Waals surface area (Å²) in [7, 11) is 0. The van der Waals surface area contributed by atoms with E-state index < -0.39 is 5.92 Å². The number of nitrogens with one attached hydrogen (secondary N) is 1. The lowest BCUT2D eigenvalue weighted by molar-refractivity contribution is -0.116. The monoisotopic (exact) mass is 354 g/mol. The number of benzene rings is 2. The standard InChI is InChI=1S/C22H18N4O/c27-22(25-19-13-7-14-23-21(19)26-16-8-15-24-26)20(17-9-3-1-4-10-17)18-11-5-2-6-12-18/h1-16,20H,(H,25,27). The zero-order chi connectivity index (χ0) is 18.5. The molecule has 2 aromatic carbocycles. The van der Waals surface area contributed by atoms with Gasteiger partial charge in [0.25, 0.3) is 0 Å². The molecule has 0 aliphatic rings. The molecule has 0 saturated heterocycles. The number of rotatable bonds is 5. The number of carbonyl (C=O) groups is 1. The summed E-state index contributed by atoms with van der Waals surface area (Å²) < 4.78 is 1.63. The minimum absolute atomic E-state index is 0.117. The molecule has 0 aliphatic heterocycles. The SMILES string of the molecule is O=C(Nc1cccnc1-n1cccn1)C(c1ccccc1)c1ccccc1. The number of amides is 1. The topological polar surface area (TPSA) is 59.8 Å². The van der Waals surface area contributed by atoms with E-state index in [1.54, 1.807) is 29.3 Å². The summed E-state index contributed by atoms with van der Waals surface area (Å²) in [4.78, 5) is 17.6. The van der Waals surface area contributed by atoms with E-state index in [2.05, 4.69) is 15.4 Å². The van der Waals surface area contributed by atoms with Crippen LogP contribution in [0.3, 0.4) is 0 Å². The minimum Gasteiger partial charge on any atom is -0.322 e. The molecule has 2 heterocycles. The van der Waals surface area contributed by atoms with Gasteiger partial charge >= 0.3 is 0 Å². The maximum atomic E-state index is 13.3. The fourth-order valence-electron chi connectivity index (χ4n) is 3.06. The van der Waals surface area contributed by atoms with Crippen molar-refractivity contribution in [1.29, 1.82) is 0 Å². The van der Waals surface area contributed by atoms with Crippen molar-refractivity contribution in [2.75, 3.05) is 5.32 Å². The van der Waals surface area contributed by atoms with E-state index in [9.17, 15) is 4.79 Å². The summed E-state index contributed by atoms with van der Waals surface area (Å²) in [5.41, 5.74) is 2.49. The lowest BCUT2D eigenvalue weighted by Crippen LogP contribution is -2.23. The molecule has 0 fully saturated rings. The molecular formula is C22H18N4O. The highest BCUT2D eigenvalue weighted by Crippen LogP contribution is 2.27. The summed E-state index contributed by atoms with van der Waals surface area (Å²) in [6.07, 6.45) is 5.15. The van der Waals surface area contributed by atoms with Crippen molar-refractivity contribution in [2.24, 2.45) is 0 Å².